The van der Waals surface area contributed by atoms with Crippen LogP contribution in [0, 0.1) is 25.2 Å². The summed E-state index contributed by atoms with van der Waals surface area (Å²) in [5.41, 5.74) is 15.8. The zero-order valence-corrected chi connectivity index (χ0v) is 37.0. The van der Waals surface area contributed by atoms with E-state index in [4.69, 9.17) is 4.98 Å². The van der Waals surface area contributed by atoms with Crippen molar-refractivity contribution in [1.82, 2.24) is 14.1 Å². The number of benzene rings is 5. The van der Waals surface area contributed by atoms with Crippen molar-refractivity contribution in [3.05, 3.63) is 136 Å². The molecule has 294 valence electrons. The normalized spacial score (nSPS) is 13.0. The Kier molecular flexibility index (Phi) is 8.91. The van der Waals surface area contributed by atoms with Gasteiger partial charge in [-0.05, 0) is 142 Å². The van der Waals surface area contributed by atoms with Gasteiger partial charge in [-0.25, -0.2) is 0 Å². The Morgan fingerprint density at radius 3 is 0.948 bits per heavy atom. The van der Waals surface area contributed by atoms with Crippen molar-refractivity contribution in [3.63, 3.8) is 0 Å². The summed E-state index contributed by atoms with van der Waals surface area (Å²) < 4.78 is 4.69. The first kappa shape index (κ1) is 39.2. The summed E-state index contributed by atoms with van der Waals surface area (Å²) in [6.45, 7) is 31.4. The highest BCUT2D eigenvalue weighted by Crippen LogP contribution is 2.43. The molecular weight excluding hydrogens is 705 g/mol. The molecule has 4 nitrogen and oxygen atoms in total. The predicted molar refractivity (Wildman–Crippen MR) is 247 cm³/mol. The molecule has 0 bridgehead atoms. The van der Waals surface area contributed by atoms with Gasteiger partial charge in [-0.2, -0.15) is 5.26 Å². The van der Waals surface area contributed by atoms with Crippen LogP contribution in [0.25, 0.3) is 66.1 Å². The van der Waals surface area contributed by atoms with E-state index in [0.29, 0.717) is 5.56 Å². The maximum Gasteiger partial charge on any atom is 0.104 e. The molecule has 8 aromatic rings. The number of nitrogens with zero attached hydrogens (tertiary/aromatic N) is 4. The minimum Gasteiger partial charge on any atom is -0.308 e. The summed E-state index contributed by atoms with van der Waals surface area (Å²) in [4.78, 5) is 4.75. The Hall–Kier alpha value is -5.66. The Bertz CT molecular complexity index is 2670. The summed E-state index contributed by atoms with van der Waals surface area (Å²) >= 11 is 0. The standard InChI is InChI=1S/C54H58N4/c1-32-23-34(24-33(2)56-32)35-25-49(57-45-19-15-36(51(3,4)5)27-40(45)41-28-37(52(6,7)8)16-20-46(41)57)44(31-55)50(26-35)58-47-21-17-38(53(9,10)11)29-42(47)43-30-39(54(12,13)14)18-22-48(43)58/h15-30H,1-14H3. The lowest BCUT2D eigenvalue weighted by atomic mass is 9.85. The summed E-state index contributed by atoms with van der Waals surface area (Å²) in [7, 11) is 0. The summed E-state index contributed by atoms with van der Waals surface area (Å²) in [6, 6.07) is 39.2. The fourth-order valence-corrected chi connectivity index (χ4v) is 8.68. The van der Waals surface area contributed by atoms with E-state index >= 15 is 0 Å². The number of hydrogen-bond acceptors (Lipinski definition) is 2. The van der Waals surface area contributed by atoms with Crippen LogP contribution < -0.4 is 0 Å². The first-order valence-corrected chi connectivity index (χ1v) is 20.8. The average Bonchev–Trinajstić information content (AvgIpc) is 3.63. The monoisotopic (exact) mass is 762 g/mol. The van der Waals surface area contributed by atoms with Gasteiger partial charge in [-0.1, -0.05) is 107 Å². The molecule has 0 spiro atoms. The van der Waals surface area contributed by atoms with E-state index in [0.717, 1.165) is 56.0 Å². The number of fused-ring (bicyclic) bond motifs is 6. The van der Waals surface area contributed by atoms with Gasteiger partial charge >= 0.3 is 0 Å². The topological polar surface area (TPSA) is 46.5 Å². The Morgan fingerprint density at radius 2 is 0.690 bits per heavy atom. The third kappa shape index (κ3) is 6.59. The van der Waals surface area contributed by atoms with E-state index in [1.54, 1.807) is 0 Å². The van der Waals surface area contributed by atoms with E-state index in [1.807, 2.05) is 0 Å². The molecule has 0 saturated carbocycles. The van der Waals surface area contributed by atoms with Crippen LogP contribution in [0.3, 0.4) is 0 Å². The quantitative estimate of drug-likeness (QED) is 0.180. The van der Waals surface area contributed by atoms with Crippen LogP contribution in [0.15, 0.2) is 97.1 Å². The molecule has 0 saturated heterocycles. The van der Waals surface area contributed by atoms with Gasteiger partial charge < -0.3 is 9.13 Å². The lowest BCUT2D eigenvalue weighted by Crippen LogP contribution is -2.11. The van der Waals surface area contributed by atoms with E-state index in [-0.39, 0.29) is 21.7 Å². The fourth-order valence-electron chi connectivity index (χ4n) is 8.68. The largest absolute Gasteiger partial charge is 0.308 e. The van der Waals surface area contributed by atoms with Crippen molar-refractivity contribution < 1.29 is 0 Å². The maximum absolute atomic E-state index is 11.6. The minimum absolute atomic E-state index is 0.0253. The highest BCUT2D eigenvalue weighted by Gasteiger charge is 2.27. The highest BCUT2D eigenvalue weighted by atomic mass is 15.0. The second-order valence-corrected chi connectivity index (χ2v) is 20.7. The summed E-state index contributed by atoms with van der Waals surface area (Å²) in [6.07, 6.45) is 0. The van der Waals surface area contributed by atoms with E-state index in [2.05, 4.69) is 209 Å². The van der Waals surface area contributed by atoms with Crippen LogP contribution in [0.5, 0.6) is 0 Å². The summed E-state index contributed by atoms with van der Waals surface area (Å²) in [5.74, 6) is 0. The second-order valence-electron chi connectivity index (χ2n) is 20.7. The average molecular weight is 763 g/mol. The number of pyridine rings is 1. The molecule has 5 aromatic carbocycles. The molecular formula is C54H58N4. The predicted octanol–water partition coefficient (Wildman–Crippen LogP) is 14.6. The van der Waals surface area contributed by atoms with Crippen LogP contribution in [0.4, 0.5) is 0 Å². The van der Waals surface area contributed by atoms with Gasteiger partial charge in [0.05, 0.1) is 33.4 Å². The highest BCUT2D eigenvalue weighted by molar-refractivity contribution is 6.12. The smallest absolute Gasteiger partial charge is 0.104 e. The molecule has 0 atom stereocenters. The zero-order chi connectivity index (χ0) is 41.9. The molecule has 8 rings (SSSR count). The first-order valence-electron chi connectivity index (χ1n) is 20.8. The molecule has 3 aromatic heterocycles. The van der Waals surface area contributed by atoms with Gasteiger partial charge in [0.25, 0.3) is 0 Å². The molecule has 0 N–H and O–H groups in total. The molecule has 0 unspecified atom stereocenters. The van der Waals surface area contributed by atoms with Crippen LogP contribution in [0.1, 0.15) is 122 Å². The number of aromatic nitrogens is 3. The molecule has 3 heterocycles. The SMILES string of the molecule is Cc1cc(-c2cc(-n3c4ccc(C(C)(C)C)cc4c4cc(C(C)(C)C)ccc43)c(C#N)c(-n3c4ccc(C(C)(C)C)cc4c4cc(C(C)(C)C)ccc43)c2)cc(C)n1. The van der Waals surface area contributed by atoms with Crippen molar-refractivity contribution in [2.24, 2.45) is 0 Å². The molecule has 0 aliphatic rings. The van der Waals surface area contributed by atoms with Crippen LogP contribution in [0.2, 0.25) is 0 Å². The van der Waals surface area contributed by atoms with Crippen molar-refractivity contribution in [3.8, 4) is 28.6 Å². The molecule has 4 heteroatoms. The lowest BCUT2D eigenvalue weighted by molar-refractivity contribution is 0.590. The molecule has 0 radical (unpaired) electrons. The maximum atomic E-state index is 11.6. The zero-order valence-electron chi connectivity index (χ0n) is 37.0. The van der Waals surface area contributed by atoms with E-state index in [1.165, 1.54) is 43.8 Å². The van der Waals surface area contributed by atoms with Gasteiger partial charge in [-0.15, -0.1) is 0 Å². The first-order chi connectivity index (χ1) is 27.0. The van der Waals surface area contributed by atoms with Crippen molar-refractivity contribution in [2.45, 2.75) is 119 Å². The number of nitriles is 1. The van der Waals surface area contributed by atoms with Gasteiger partial charge in [0.1, 0.15) is 11.6 Å². The van der Waals surface area contributed by atoms with Gasteiger partial charge in [0.15, 0.2) is 0 Å². The van der Waals surface area contributed by atoms with Gasteiger partial charge in [0, 0.05) is 32.9 Å². The van der Waals surface area contributed by atoms with Gasteiger partial charge in [0.2, 0.25) is 0 Å². The van der Waals surface area contributed by atoms with E-state index < -0.39 is 0 Å². The van der Waals surface area contributed by atoms with Crippen molar-refractivity contribution in [2.75, 3.05) is 0 Å². The van der Waals surface area contributed by atoms with Crippen molar-refractivity contribution in [1.29, 1.82) is 5.26 Å². The molecule has 0 fully saturated rings. The van der Waals surface area contributed by atoms with Crippen LogP contribution >= 0.6 is 0 Å². The third-order valence-electron chi connectivity index (χ3n) is 12.1. The Balaban J connectivity index is 1.56. The molecule has 0 aliphatic heterocycles. The van der Waals surface area contributed by atoms with Crippen molar-refractivity contribution >= 4 is 43.6 Å². The minimum atomic E-state index is -0.0253. The Morgan fingerprint density at radius 1 is 0.414 bits per heavy atom. The third-order valence-corrected chi connectivity index (χ3v) is 12.1. The van der Waals surface area contributed by atoms with Crippen LogP contribution in [-0.2, 0) is 21.7 Å². The lowest BCUT2D eigenvalue weighted by Gasteiger charge is -2.21. The molecule has 58 heavy (non-hydrogen) atoms. The summed E-state index contributed by atoms with van der Waals surface area (Å²) in [5, 5.41) is 16.3. The number of aryl methyl sites for hydroxylation is 2. The Labute approximate surface area is 345 Å². The van der Waals surface area contributed by atoms with Crippen LogP contribution in [-0.4, -0.2) is 14.1 Å². The fraction of sp³-hybridized carbons (Fsp3) is 0.333. The second kappa shape index (κ2) is 13.2. The van der Waals surface area contributed by atoms with E-state index in [9.17, 15) is 5.26 Å². The van der Waals surface area contributed by atoms with Gasteiger partial charge in [-0.3, -0.25) is 4.98 Å². The number of rotatable bonds is 3. The molecule has 0 aliphatic carbocycles. The number of hydrogen-bond donors (Lipinski definition) is 0. The molecule has 0 amide bonds.